The fourth-order valence-electron chi connectivity index (χ4n) is 9.25. The summed E-state index contributed by atoms with van der Waals surface area (Å²) in [4.78, 5) is 13.3. The van der Waals surface area contributed by atoms with Gasteiger partial charge >= 0.3 is 5.97 Å². The molecule has 2 aromatic rings. The van der Waals surface area contributed by atoms with Crippen molar-refractivity contribution >= 4 is 24.7 Å². The van der Waals surface area contributed by atoms with E-state index < -0.39 is 19.8 Å². The third-order valence-corrected chi connectivity index (χ3v) is 16.7. The number of benzene rings is 2. The number of carbonyl (C=O) groups excluding carboxylic acids is 1. The minimum absolute atomic E-state index is 0.0859. The third-order valence-electron chi connectivity index (χ3n) is 11.6. The van der Waals surface area contributed by atoms with Crippen LogP contribution in [-0.2, 0) is 14.0 Å². The van der Waals surface area contributed by atoms with Crippen LogP contribution in [0.15, 0.2) is 71.8 Å². The third kappa shape index (κ3) is 4.98. The summed E-state index contributed by atoms with van der Waals surface area (Å²) in [5, 5.41) is 13.9. The summed E-state index contributed by atoms with van der Waals surface area (Å²) in [6.45, 7) is 22.5. The Morgan fingerprint density at radius 2 is 1.49 bits per heavy atom. The van der Waals surface area contributed by atoms with E-state index >= 15 is 0 Å². The van der Waals surface area contributed by atoms with Gasteiger partial charge in [0.2, 0.25) is 0 Å². The monoisotopic (exact) mass is 602 g/mol. The number of aliphatic hydroxyl groups is 1. The Balaban J connectivity index is 1.65. The van der Waals surface area contributed by atoms with Crippen molar-refractivity contribution in [3.05, 3.63) is 71.8 Å². The standard InChI is InChI=1S/C38H54O4Si/c1-25-29(24-41-43(36(6,7)8,27-17-13-11-14-18-27)28-19-15-12-16-20-28)38-22-21-30(39)33(38)26(2)37(9,10)32(38)23-31(25)42-34(40)35(3,4)5/h11-20,25,29-32,39H,21-24H2,1-10H3/t25-,29-,30-,31-,32-,38-/m0/s1. The topological polar surface area (TPSA) is 55.8 Å². The summed E-state index contributed by atoms with van der Waals surface area (Å²) in [6.07, 6.45) is 1.95. The van der Waals surface area contributed by atoms with E-state index in [-0.39, 0.29) is 45.7 Å². The summed E-state index contributed by atoms with van der Waals surface area (Å²) >= 11 is 0. The van der Waals surface area contributed by atoms with Crippen molar-refractivity contribution in [2.24, 2.45) is 34.0 Å². The molecular formula is C38H54O4Si. The number of carbonyl (C=O) groups is 1. The first-order valence-electron chi connectivity index (χ1n) is 16.4. The average molecular weight is 603 g/mol. The second kappa shape index (κ2) is 11.0. The van der Waals surface area contributed by atoms with Crippen LogP contribution in [0.25, 0.3) is 0 Å². The van der Waals surface area contributed by atoms with Gasteiger partial charge in [0, 0.05) is 12.0 Å². The predicted molar refractivity (Wildman–Crippen MR) is 178 cm³/mol. The van der Waals surface area contributed by atoms with Gasteiger partial charge in [0.05, 0.1) is 11.5 Å². The highest BCUT2D eigenvalue weighted by molar-refractivity contribution is 6.99. The zero-order chi connectivity index (χ0) is 31.6. The first-order chi connectivity index (χ1) is 20.0. The summed E-state index contributed by atoms with van der Waals surface area (Å²) in [6, 6.07) is 21.7. The maximum atomic E-state index is 13.3. The highest BCUT2D eigenvalue weighted by Crippen LogP contribution is 2.71. The lowest BCUT2D eigenvalue weighted by atomic mass is 9.52. The molecule has 2 aromatic carbocycles. The molecule has 6 atom stereocenters. The molecule has 0 unspecified atom stereocenters. The fourth-order valence-corrected chi connectivity index (χ4v) is 13.8. The van der Waals surface area contributed by atoms with Crippen LogP contribution in [0.2, 0.25) is 5.04 Å². The first-order valence-corrected chi connectivity index (χ1v) is 18.3. The first kappa shape index (κ1) is 32.2. The Kier molecular flexibility index (Phi) is 8.23. The number of allylic oxidation sites excluding steroid dienone is 1. The highest BCUT2D eigenvalue weighted by atomic mass is 28.4. The largest absolute Gasteiger partial charge is 0.462 e. The van der Waals surface area contributed by atoms with E-state index in [9.17, 15) is 9.90 Å². The van der Waals surface area contributed by atoms with Crippen LogP contribution in [0.5, 0.6) is 0 Å². The Hall–Kier alpha value is -2.21. The summed E-state index contributed by atoms with van der Waals surface area (Å²) < 4.78 is 14.1. The minimum atomic E-state index is -2.79. The molecule has 5 heteroatoms. The Labute approximate surface area is 261 Å². The molecule has 0 saturated heterocycles. The highest BCUT2D eigenvalue weighted by Gasteiger charge is 2.67. The number of ether oxygens (including phenoxy) is 1. The molecule has 1 spiro atoms. The Bertz CT molecular complexity index is 1310. The van der Waals surface area contributed by atoms with E-state index in [0.29, 0.717) is 6.61 Å². The van der Waals surface area contributed by atoms with Crippen LogP contribution < -0.4 is 10.4 Å². The predicted octanol–water partition coefficient (Wildman–Crippen LogP) is 7.29. The lowest BCUT2D eigenvalue weighted by molar-refractivity contribution is -0.175. The van der Waals surface area contributed by atoms with Gasteiger partial charge in [0.25, 0.3) is 8.32 Å². The van der Waals surface area contributed by atoms with E-state index in [1.165, 1.54) is 21.5 Å². The van der Waals surface area contributed by atoms with Gasteiger partial charge in [-0.1, -0.05) is 108 Å². The molecule has 5 rings (SSSR count). The SMILES string of the molecule is CC1=C2[C@@H](O)CC[C@@]23[C@@H](CO[Si](c2ccccc2)(c2ccccc2)C(C)(C)C)[C@H](C)[C@@H](OC(=O)C(C)(C)C)C[C@H]3C1(C)C. The lowest BCUT2D eigenvalue weighted by Gasteiger charge is -2.55. The van der Waals surface area contributed by atoms with Gasteiger partial charge in [-0.25, -0.2) is 0 Å². The minimum Gasteiger partial charge on any atom is -0.462 e. The molecule has 0 heterocycles. The summed E-state index contributed by atoms with van der Waals surface area (Å²) in [5.41, 5.74) is 1.75. The van der Waals surface area contributed by atoms with Crippen molar-refractivity contribution < 1.29 is 19.1 Å². The zero-order valence-electron chi connectivity index (χ0n) is 28.2. The van der Waals surface area contributed by atoms with E-state index in [2.05, 4.69) is 109 Å². The van der Waals surface area contributed by atoms with Crippen molar-refractivity contribution in [3.8, 4) is 0 Å². The van der Waals surface area contributed by atoms with Crippen molar-refractivity contribution in [2.75, 3.05) is 6.61 Å². The van der Waals surface area contributed by atoms with Gasteiger partial charge in [-0.2, -0.15) is 0 Å². The molecule has 0 aliphatic heterocycles. The van der Waals surface area contributed by atoms with E-state index in [1.54, 1.807) is 0 Å². The number of hydrogen-bond donors (Lipinski definition) is 1. The van der Waals surface area contributed by atoms with Crippen LogP contribution in [-0.4, -0.2) is 38.2 Å². The second-order valence-electron chi connectivity index (χ2n) is 16.3. The smallest absolute Gasteiger partial charge is 0.311 e. The number of hydrogen-bond acceptors (Lipinski definition) is 4. The van der Waals surface area contributed by atoms with E-state index in [1.807, 2.05) is 20.8 Å². The molecule has 43 heavy (non-hydrogen) atoms. The molecule has 0 bridgehead atoms. The van der Waals surface area contributed by atoms with Gasteiger partial charge in [0.15, 0.2) is 0 Å². The lowest BCUT2D eigenvalue weighted by Crippen LogP contribution is -2.67. The second-order valence-corrected chi connectivity index (χ2v) is 20.6. The van der Waals surface area contributed by atoms with Gasteiger partial charge < -0.3 is 14.3 Å². The molecule has 2 fully saturated rings. The van der Waals surface area contributed by atoms with E-state index in [4.69, 9.17) is 9.16 Å². The molecule has 0 amide bonds. The van der Waals surface area contributed by atoms with Crippen LogP contribution in [0.4, 0.5) is 0 Å². The zero-order valence-corrected chi connectivity index (χ0v) is 29.2. The average Bonchev–Trinajstić information content (AvgIpc) is 3.35. The van der Waals surface area contributed by atoms with Crippen molar-refractivity contribution in [3.63, 3.8) is 0 Å². The molecule has 3 aliphatic rings. The Morgan fingerprint density at radius 1 is 0.953 bits per heavy atom. The van der Waals surface area contributed by atoms with Crippen LogP contribution in [0.3, 0.4) is 0 Å². The van der Waals surface area contributed by atoms with Crippen LogP contribution in [0, 0.1) is 34.0 Å². The van der Waals surface area contributed by atoms with Gasteiger partial charge in [-0.15, -0.1) is 0 Å². The van der Waals surface area contributed by atoms with Crippen molar-refractivity contribution in [1.82, 2.24) is 0 Å². The molecule has 4 nitrogen and oxygen atoms in total. The van der Waals surface area contributed by atoms with Crippen LogP contribution >= 0.6 is 0 Å². The van der Waals surface area contributed by atoms with Gasteiger partial charge in [-0.05, 0) is 91.1 Å². The van der Waals surface area contributed by atoms with Gasteiger partial charge in [0.1, 0.15) is 6.10 Å². The summed E-state index contributed by atoms with van der Waals surface area (Å²) in [7, 11) is -2.79. The Morgan fingerprint density at radius 3 is 1.98 bits per heavy atom. The van der Waals surface area contributed by atoms with Gasteiger partial charge in [-0.3, -0.25) is 4.79 Å². The number of rotatable bonds is 6. The van der Waals surface area contributed by atoms with E-state index in [0.717, 1.165) is 19.3 Å². The molecule has 3 aliphatic carbocycles. The number of esters is 1. The fraction of sp³-hybridized carbons (Fsp3) is 0.605. The number of aliphatic hydroxyl groups excluding tert-OH is 1. The quantitative estimate of drug-likeness (QED) is 0.214. The van der Waals surface area contributed by atoms with Crippen molar-refractivity contribution in [2.45, 2.75) is 106 Å². The molecule has 2 saturated carbocycles. The van der Waals surface area contributed by atoms with Crippen LogP contribution in [0.1, 0.15) is 88.5 Å². The maximum absolute atomic E-state index is 13.3. The molecule has 0 aromatic heterocycles. The van der Waals surface area contributed by atoms with Crippen molar-refractivity contribution in [1.29, 1.82) is 0 Å². The normalized spacial score (nSPS) is 30.6. The summed E-state index contributed by atoms with van der Waals surface area (Å²) in [5.74, 6) is 0.324. The molecule has 1 N–H and O–H groups in total. The molecular weight excluding hydrogens is 549 g/mol. The molecule has 0 radical (unpaired) electrons. The molecule has 234 valence electrons. The maximum Gasteiger partial charge on any atom is 0.311 e.